The zero-order valence-electron chi connectivity index (χ0n) is 22.7. The summed E-state index contributed by atoms with van der Waals surface area (Å²) in [6, 6.07) is 0. The van der Waals surface area contributed by atoms with Crippen LogP contribution in [0, 0.1) is 5.92 Å². The second-order valence-electron chi connectivity index (χ2n) is 11.2. The van der Waals surface area contributed by atoms with Crippen molar-refractivity contribution < 1.29 is 23.9 Å². The van der Waals surface area contributed by atoms with Crippen molar-refractivity contribution in [3.63, 3.8) is 0 Å². The van der Waals surface area contributed by atoms with Crippen molar-refractivity contribution >= 4 is 11.9 Å². The second kappa shape index (κ2) is 20.3. The molecule has 0 bridgehead atoms. The summed E-state index contributed by atoms with van der Waals surface area (Å²) in [6.07, 6.45) is 20.3. The van der Waals surface area contributed by atoms with Crippen molar-refractivity contribution in [3.05, 3.63) is 0 Å². The summed E-state index contributed by atoms with van der Waals surface area (Å²) in [5.74, 6) is -0.635. The fourth-order valence-electron chi connectivity index (χ4n) is 4.43. The van der Waals surface area contributed by atoms with E-state index < -0.39 is 12.1 Å². The Labute approximate surface area is 205 Å². The van der Waals surface area contributed by atoms with Gasteiger partial charge in [0.05, 0.1) is 21.1 Å². The minimum Gasteiger partial charge on any atom is -0.550 e. The first kappa shape index (κ1) is 31.9. The number of rotatable bonds is 23. The maximum Gasteiger partial charge on any atom is 0.306 e. The SMILES string of the molecule is CCCCCCCCCCCC(C)CCCCCCCC(=O)OC(CC(=O)[O-])C[N+](C)(C)C. The van der Waals surface area contributed by atoms with E-state index in [2.05, 4.69) is 13.8 Å². The van der Waals surface area contributed by atoms with E-state index in [0.717, 1.165) is 25.2 Å². The number of quaternary nitrogens is 1. The molecule has 2 atom stereocenters. The molecule has 2 unspecified atom stereocenters. The van der Waals surface area contributed by atoms with Crippen LogP contribution in [-0.2, 0) is 14.3 Å². The number of carbonyl (C=O) groups is 2. The van der Waals surface area contributed by atoms with Gasteiger partial charge in [-0.2, -0.15) is 0 Å². The monoisotopic (exact) mass is 469 g/mol. The molecule has 0 aliphatic rings. The number of unbranched alkanes of at least 4 members (excludes halogenated alkanes) is 12. The summed E-state index contributed by atoms with van der Waals surface area (Å²) in [4.78, 5) is 23.0. The van der Waals surface area contributed by atoms with Crippen LogP contribution in [0.1, 0.15) is 129 Å². The van der Waals surface area contributed by atoms with Gasteiger partial charge in [0, 0.05) is 18.8 Å². The first-order valence-corrected chi connectivity index (χ1v) is 13.8. The van der Waals surface area contributed by atoms with Crippen LogP contribution in [0.15, 0.2) is 0 Å². The highest BCUT2D eigenvalue weighted by atomic mass is 16.5. The Balaban J connectivity index is 3.64. The molecule has 196 valence electrons. The molecule has 0 saturated carbocycles. The lowest BCUT2D eigenvalue weighted by Crippen LogP contribution is -2.45. The maximum atomic E-state index is 12.1. The average molecular weight is 470 g/mol. The predicted octanol–water partition coefficient (Wildman–Crippen LogP) is 6.03. The van der Waals surface area contributed by atoms with Gasteiger partial charge in [-0.25, -0.2) is 0 Å². The van der Waals surface area contributed by atoms with E-state index >= 15 is 0 Å². The lowest BCUT2D eigenvalue weighted by Gasteiger charge is -2.29. The molecular weight excluding hydrogens is 414 g/mol. The number of carboxylic acid groups (broad SMARTS) is 1. The minimum atomic E-state index is -1.17. The molecule has 0 N–H and O–H groups in total. The molecular formula is C28H55NO4. The lowest BCUT2D eigenvalue weighted by molar-refractivity contribution is -0.873. The predicted molar refractivity (Wildman–Crippen MR) is 136 cm³/mol. The molecule has 0 heterocycles. The summed E-state index contributed by atoms with van der Waals surface area (Å²) in [7, 11) is 5.86. The Morgan fingerprint density at radius 3 is 1.67 bits per heavy atom. The first-order chi connectivity index (χ1) is 15.6. The van der Waals surface area contributed by atoms with Crippen molar-refractivity contribution in [1.82, 2.24) is 0 Å². The van der Waals surface area contributed by atoms with Crippen LogP contribution in [0.25, 0.3) is 0 Å². The van der Waals surface area contributed by atoms with Crippen molar-refractivity contribution in [2.24, 2.45) is 5.92 Å². The van der Waals surface area contributed by atoms with Crippen molar-refractivity contribution in [1.29, 1.82) is 0 Å². The number of nitrogens with zero attached hydrogens (tertiary/aromatic N) is 1. The Kier molecular flexibility index (Phi) is 19.6. The molecule has 5 heteroatoms. The average Bonchev–Trinajstić information content (AvgIpc) is 2.70. The van der Waals surface area contributed by atoms with Gasteiger partial charge in [-0.1, -0.05) is 110 Å². The smallest absolute Gasteiger partial charge is 0.306 e. The first-order valence-electron chi connectivity index (χ1n) is 13.8. The third kappa shape index (κ3) is 23.8. The van der Waals surface area contributed by atoms with Gasteiger partial charge in [0.25, 0.3) is 0 Å². The number of carbonyl (C=O) groups excluding carboxylic acids is 2. The Bertz CT molecular complexity index is 487. The quantitative estimate of drug-likeness (QED) is 0.104. The Morgan fingerprint density at radius 1 is 0.758 bits per heavy atom. The minimum absolute atomic E-state index is 0.238. The zero-order valence-corrected chi connectivity index (χ0v) is 22.7. The van der Waals surface area contributed by atoms with E-state index in [-0.39, 0.29) is 12.4 Å². The number of hydrogen-bond donors (Lipinski definition) is 0. The molecule has 0 aromatic heterocycles. The van der Waals surface area contributed by atoms with Gasteiger partial charge >= 0.3 is 5.97 Å². The van der Waals surface area contributed by atoms with Crippen LogP contribution in [-0.4, -0.2) is 50.2 Å². The van der Waals surface area contributed by atoms with E-state index in [1.807, 2.05) is 21.1 Å². The highest BCUT2D eigenvalue weighted by Gasteiger charge is 2.22. The molecule has 0 aliphatic heterocycles. The van der Waals surface area contributed by atoms with Gasteiger partial charge in [0.15, 0.2) is 6.10 Å². The highest BCUT2D eigenvalue weighted by molar-refractivity contribution is 5.70. The number of aliphatic carboxylic acids is 1. The number of esters is 1. The number of likely N-dealkylation sites (N-methyl/N-ethyl adjacent to an activating group) is 1. The number of ether oxygens (including phenoxy) is 1. The lowest BCUT2D eigenvalue weighted by atomic mass is 9.96. The van der Waals surface area contributed by atoms with Crippen LogP contribution < -0.4 is 5.11 Å². The molecule has 0 aromatic rings. The van der Waals surface area contributed by atoms with Gasteiger partial charge < -0.3 is 19.1 Å². The van der Waals surface area contributed by atoms with E-state index in [9.17, 15) is 14.7 Å². The van der Waals surface area contributed by atoms with E-state index in [0.29, 0.717) is 17.4 Å². The summed E-state index contributed by atoms with van der Waals surface area (Å²) >= 11 is 0. The van der Waals surface area contributed by atoms with E-state index in [1.54, 1.807) is 0 Å². The van der Waals surface area contributed by atoms with E-state index in [1.165, 1.54) is 83.5 Å². The highest BCUT2D eigenvalue weighted by Crippen LogP contribution is 2.19. The van der Waals surface area contributed by atoms with Crippen LogP contribution >= 0.6 is 0 Å². The number of carboxylic acids is 1. The fourth-order valence-corrected chi connectivity index (χ4v) is 4.43. The summed E-state index contributed by atoms with van der Waals surface area (Å²) in [5, 5.41) is 10.9. The second-order valence-corrected chi connectivity index (χ2v) is 11.2. The number of hydrogen-bond acceptors (Lipinski definition) is 4. The topological polar surface area (TPSA) is 66.4 Å². The van der Waals surface area contributed by atoms with Crippen LogP contribution in [0.3, 0.4) is 0 Å². The van der Waals surface area contributed by atoms with Crippen LogP contribution in [0.4, 0.5) is 0 Å². The normalized spacial score (nSPS) is 13.6. The third-order valence-corrected chi connectivity index (χ3v) is 6.32. The zero-order chi connectivity index (χ0) is 25.0. The standard InChI is InChI=1S/C28H55NO4/c1-6-7-8-9-10-11-12-14-17-20-25(2)21-18-15-13-16-19-22-28(32)33-26(23-27(30)31)24-29(3,4)5/h25-26H,6-24H2,1-5H3. The molecule has 0 aliphatic carbocycles. The molecule has 0 saturated heterocycles. The molecule has 0 rings (SSSR count). The van der Waals surface area contributed by atoms with Gasteiger partial charge in [0.2, 0.25) is 0 Å². The molecule has 0 fully saturated rings. The largest absolute Gasteiger partial charge is 0.550 e. The summed E-state index contributed by atoms with van der Waals surface area (Å²) in [5.41, 5.74) is 0. The van der Waals surface area contributed by atoms with Gasteiger partial charge in [0.1, 0.15) is 6.54 Å². The van der Waals surface area contributed by atoms with Crippen LogP contribution in [0.2, 0.25) is 0 Å². The molecule has 5 nitrogen and oxygen atoms in total. The van der Waals surface area contributed by atoms with Crippen molar-refractivity contribution in [2.75, 3.05) is 27.7 Å². The molecule has 0 amide bonds. The van der Waals surface area contributed by atoms with Crippen molar-refractivity contribution in [2.45, 2.75) is 136 Å². The molecule has 33 heavy (non-hydrogen) atoms. The fraction of sp³-hybridized carbons (Fsp3) is 0.929. The van der Waals surface area contributed by atoms with Crippen molar-refractivity contribution in [3.8, 4) is 0 Å². The maximum absolute atomic E-state index is 12.1. The van der Waals surface area contributed by atoms with Gasteiger partial charge in [-0.05, 0) is 12.3 Å². The third-order valence-electron chi connectivity index (χ3n) is 6.32. The van der Waals surface area contributed by atoms with E-state index in [4.69, 9.17) is 4.74 Å². The molecule has 0 radical (unpaired) electrons. The summed E-state index contributed by atoms with van der Waals surface area (Å²) < 4.78 is 5.95. The van der Waals surface area contributed by atoms with Gasteiger partial charge in [-0.3, -0.25) is 4.79 Å². The summed E-state index contributed by atoms with van der Waals surface area (Å²) in [6.45, 7) is 5.13. The molecule has 0 aromatic carbocycles. The van der Waals surface area contributed by atoms with Crippen LogP contribution in [0.5, 0.6) is 0 Å². The van der Waals surface area contributed by atoms with Gasteiger partial charge in [-0.15, -0.1) is 0 Å². The molecule has 0 spiro atoms. The Hall–Kier alpha value is -1.10. The Morgan fingerprint density at radius 2 is 1.21 bits per heavy atom.